The van der Waals surface area contributed by atoms with Crippen LogP contribution in [-0.2, 0) is 0 Å². The van der Waals surface area contributed by atoms with E-state index in [9.17, 15) is 10.1 Å². The minimum Gasteiger partial charge on any atom is -0.235 e. The fourth-order valence-corrected chi connectivity index (χ4v) is 0.455. The van der Waals surface area contributed by atoms with Gasteiger partial charge in [0.15, 0.2) is 5.03 Å². The zero-order chi connectivity index (χ0) is 6.57. The van der Waals surface area contributed by atoms with Crippen molar-refractivity contribution in [1.82, 2.24) is 5.01 Å². The van der Waals surface area contributed by atoms with Gasteiger partial charge in [0.25, 0.3) is 0 Å². The lowest BCUT2D eigenvalue weighted by molar-refractivity contribution is -0.654. The van der Waals surface area contributed by atoms with Crippen molar-refractivity contribution in [2.24, 2.45) is 0 Å². The zero-order valence-electron chi connectivity index (χ0n) is 5.13. The summed E-state index contributed by atoms with van der Waals surface area (Å²) in [4.78, 5) is 9.89. The summed E-state index contributed by atoms with van der Waals surface area (Å²) >= 11 is 0. The SMILES string of the molecule is CCN(CC)[N+](=O)[O-]. The molecule has 0 heterocycles. The lowest BCUT2D eigenvalue weighted by Crippen LogP contribution is -2.28. The second-order valence-corrected chi connectivity index (χ2v) is 1.38. The summed E-state index contributed by atoms with van der Waals surface area (Å²) in [5, 5.41) is 10.6. The van der Waals surface area contributed by atoms with Crippen LogP contribution in [0.15, 0.2) is 0 Å². The molecule has 0 fully saturated rings. The fraction of sp³-hybridized carbons (Fsp3) is 1.00. The van der Waals surface area contributed by atoms with Crippen LogP contribution in [0.4, 0.5) is 0 Å². The molecule has 0 saturated heterocycles. The van der Waals surface area contributed by atoms with Crippen LogP contribution in [0.5, 0.6) is 0 Å². The number of hydrogen-bond acceptors (Lipinski definition) is 2. The molecule has 48 valence electrons. The molecule has 0 aromatic heterocycles. The van der Waals surface area contributed by atoms with E-state index in [4.69, 9.17) is 0 Å². The standard InChI is InChI=1S/C4H10N2O2/c1-3-5(4-2)6(7)8/h3-4H2,1-2H3. The first-order valence-electron chi connectivity index (χ1n) is 2.61. The molecule has 0 rings (SSSR count). The molecule has 0 bridgehead atoms. The molecule has 0 aliphatic heterocycles. The molecule has 0 aromatic carbocycles. The Morgan fingerprint density at radius 2 is 1.88 bits per heavy atom. The fourth-order valence-electron chi connectivity index (χ4n) is 0.455. The molecule has 0 aliphatic rings. The summed E-state index contributed by atoms with van der Waals surface area (Å²) in [6.45, 7) is 4.46. The maximum atomic E-state index is 9.89. The second kappa shape index (κ2) is 3.23. The summed E-state index contributed by atoms with van der Waals surface area (Å²) < 4.78 is 0. The maximum absolute atomic E-state index is 9.89. The molecular formula is C4H10N2O2. The van der Waals surface area contributed by atoms with E-state index in [1.54, 1.807) is 13.8 Å². The van der Waals surface area contributed by atoms with Crippen molar-refractivity contribution >= 4 is 0 Å². The van der Waals surface area contributed by atoms with E-state index in [2.05, 4.69) is 0 Å². The van der Waals surface area contributed by atoms with Gasteiger partial charge in [-0.3, -0.25) is 0 Å². The van der Waals surface area contributed by atoms with Gasteiger partial charge in [0.1, 0.15) is 0 Å². The molecule has 4 heteroatoms. The van der Waals surface area contributed by atoms with Crippen LogP contribution in [0.1, 0.15) is 13.8 Å². The Bertz CT molecular complexity index is 80.1. The average molecular weight is 118 g/mol. The van der Waals surface area contributed by atoms with E-state index in [1.807, 2.05) is 0 Å². The van der Waals surface area contributed by atoms with E-state index in [-0.39, 0.29) is 5.03 Å². The average Bonchev–Trinajstić information content (AvgIpc) is 1.69. The van der Waals surface area contributed by atoms with Gasteiger partial charge >= 0.3 is 0 Å². The van der Waals surface area contributed by atoms with E-state index in [1.165, 1.54) is 0 Å². The molecule has 0 unspecified atom stereocenters. The Balaban J connectivity index is 3.52. The van der Waals surface area contributed by atoms with Crippen LogP contribution in [0, 0.1) is 10.1 Å². The third-order valence-corrected chi connectivity index (χ3v) is 0.961. The monoisotopic (exact) mass is 118 g/mol. The van der Waals surface area contributed by atoms with Crippen LogP contribution >= 0.6 is 0 Å². The van der Waals surface area contributed by atoms with Gasteiger partial charge in [0, 0.05) is 0 Å². The summed E-state index contributed by atoms with van der Waals surface area (Å²) in [6.07, 6.45) is 0. The quantitative estimate of drug-likeness (QED) is 0.401. The number of rotatable bonds is 3. The molecule has 0 radical (unpaired) electrons. The molecule has 8 heavy (non-hydrogen) atoms. The summed E-state index contributed by atoms with van der Waals surface area (Å²) in [5.74, 6) is 0. The Labute approximate surface area is 48.2 Å². The second-order valence-electron chi connectivity index (χ2n) is 1.38. The van der Waals surface area contributed by atoms with Crippen molar-refractivity contribution in [2.45, 2.75) is 13.8 Å². The predicted molar refractivity (Wildman–Crippen MR) is 29.9 cm³/mol. The molecular weight excluding hydrogens is 108 g/mol. The Hall–Kier alpha value is -0.800. The summed E-state index contributed by atoms with van der Waals surface area (Å²) in [5.41, 5.74) is 0. The van der Waals surface area contributed by atoms with Gasteiger partial charge in [-0.25, -0.2) is 10.1 Å². The number of hydrogen-bond donors (Lipinski definition) is 0. The van der Waals surface area contributed by atoms with Crippen LogP contribution in [0.3, 0.4) is 0 Å². The minimum absolute atomic E-state index is 0.389. The smallest absolute Gasteiger partial charge is 0.160 e. The van der Waals surface area contributed by atoms with E-state index < -0.39 is 0 Å². The van der Waals surface area contributed by atoms with Gasteiger partial charge in [-0.15, -0.1) is 5.01 Å². The lowest BCUT2D eigenvalue weighted by Gasteiger charge is -2.06. The predicted octanol–water partition coefficient (Wildman–Crippen LogP) is 0.520. The zero-order valence-corrected chi connectivity index (χ0v) is 5.13. The van der Waals surface area contributed by atoms with Crippen molar-refractivity contribution in [3.05, 3.63) is 10.1 Å². The molecule has 4 nitrogen and oxygen atoms in total. The van der Waals surface area contributed by atoms with Gasteiger partial charge < -0.3 is 0 Å². The topological polar surface area (TPSA) is 46.4 Å². The van der Waals surface area contributed by atoms with Crippen LogP contribution < -0.4 is 0 Å². The van der Waals surface area contributed by atoms with Gasteiger partial charge in [0.05, 0.1) is 13.1 Å². The first kappa shape index (κ1) is 7.20. The molecule has 0 saturated carbocycles. The Morgan fingerprint density at radius 1 is 1.50 bits per heavy atom. The van der Waals surface area contributed by atoms with Gasteiger partial charge in [0.2, 0.25) is 0 Å². The van der Waals surface area contributed by atoms with E-state index in [0.717, 1.165) is 5.01 Å². The first-order chi connectivity index (χ1) is 3.72. The van der Waals surface area contributed by atoms with Crippen LogP contribution in [-0.4, -0.2) is 23.1 Å². The number of nitrogens with zero attached hydrogens (tertiary/aromatic N) is 2. The number of nitro groups is 1. The normalized spacial score (nSPS) is 8.75. The maximum Gasteiger partial charge on any atom is 0.160 e. The van der Waals surface area contributed by atoms with Gasteiger partial charge in [-0.2, -0.15) is 0 Å². The highest BCUT2D eigenvalue weighted by Gasteiger charge is 2.04. The molecule has 0 amide bonds. The molecule has 0 N–H and O–H groups in total. The van der Waals surface area contributed by atoms with Crippen molar-refractivity contribution in [3.8, 4) is 0 Å². The van der Waals surface area contributed by atoms with Crippen LogP contribution in [0.25, 0.3) is 0 Å². The summed E-state index contributed by atoms with van der Waals surface area (Å²) in [7, 11) is 0. The van der Waals surface area contributed by atoms with E-state index in [0.29, 0.717) is 13.1 Å². The van der Waals surface area contributed by atoms with Crippen molar-refractivity contribution in [2.75, 3.05) is 13.1 Å². The van der Waals surface area contributed by atoms with Crippen molar-refractivity contribution in [3.63, 3.8) is 0 Å². The first-order valence-corrected chi connectivity index (χ1v) is 2.61. The Kier molecular flexibility index (Phi) is 2.91. The molecule has 0 aromatic rings. The molecule has 0 aliphatic carbocycles. The minimum atomic E-state index is -0.389. The highest BCUT2D eigenvalue weighted by molar-refractivity contribution is 4.30. The van der Waals surface area contributed by atoms with Gasteiger partial charge in [-0.05, 0) is 13.8 Å². The lowest BCUT2D eigenvalue weighted by atomic mass is 10.6. The van der Waals surface area contributed by atoms with Crippen LogP contribution in [0.2, 0.25) is 0 Å². The summed E-state index contributed by atoms with van der Waals surface area (Å²) in [6, 6.07) is 0. The highest BCUT2D eigenvalue weighted by Crippen LogP contribution is 1.83. The third kappa shape index (κ3) is 1.77. The Morgan fingerprint density at radius 3 is 1.88 bits per heavy atom. The van der Waals surface area contributed by atoms with Crippen molar-refractivity contribution < 1.29 is 5.03 Å². The highest BCUT2D eigenvalue weighted by atomic mass is 16.7. The van der Waals surface area contributed by atoms with Crippen molar-refractivity contribution in [1.29, 1.82) is 0 Å². The largest absolute Gasteiger partial charge is 0.235 e. The van der Waals surface area contributed by atoms with Gasteiger partial charge in [-0.1, -0.05) is 0 Å². The third-order valence-electron chi connectivity index (χ3n) is 0.961. The number of hydrazine groups is 1. The van der Waals surface area contributed by atoms with E-state index >= 15 is 0 Å². The molecule has 0 spiro atoms. The molecule has 0 atom stereocenters.